The Morgan fingerprint density at radius 1 is 0.962 bits per heavy atom. The van der Waals surface area contributed by atoms with Gasteiger partial charge in [0.2, 0.25) is 0 Å². The molecule has 0 fully saturated rings. The summed E-state index contributed by atoms with van der Waals surface area (Å²) in [5.41, 5.74) is 4.80. The van der Waals surface area contributed by atoms with Crippen LogP contribution in [0.2, 0.25) is 0 Å². The fourth-order valence-electron chi connectivity index (χ4n) is 3.05. The monoisotopic (exact) mass is 342 g/mol. The van der Waals surface area contributed by atoms with Crippen molar-refractivity contribution in [2.24, 2.45) is 0 Å². The van der Waals surface area contributed by atoms with Crippen molar-refractivity contribution in [2.75, 3.05) is 0 Å². The fourth-order valence-corrected chi connectivity index (χ4v) is 3.05. The molecule has 26 heavy (non-hydrogen) atoms. The molecule has 0 amide bonds. The van der Waals surface area contributed by atoms with Gasteiger partial charge >= 0.3 is 6.03 Å². The van der Waals surface area contributed by atoms with E-state index in [4.69, 9.17) is 0 Å². The number of nitrogens with zero attached hydrogens (tertiary/aromatic N) is 4. The third-order valence-corrected chi connectivity index (χ3v) is 4.36. The number of carbonyl (C=O) groups excluding carboxylic acids is 1. The molecule has 0 bridgehead atoms. The standard InChI is InChI=1S/C21H18N4O/c1-16-19(15-17-9-4-2-5-10-17)23-25(21(26)24-14-8-13-22-24)20(16)18-11-6-3-7-12-18/h2-14H,15H2,1H3. The van der Waals surface area contributed by atoms with Crippen LogP contribution < -0.4 is 0 Å². The summed E-state index contributed by atoms with van der Waals surface area (Å²) < 4.78 is 2.75. The van der Waals surface area contributed by atoms with Gasteiger partial charge in [-0.05, 0) is 24.1 Å². The van der Waals surface area contributed by atoms with Gasteiger partial charge in [-0.25, -0.2) is 4.79 Å². The summed E-state index contributed by atoms with van der Waals surface area (Å²) in [6.07, 6.45) is 3.89. The van der Waals surface area contributed by atoms with Gasteiger partial charge in [0.25, 0.3) is 0 Å². The lowest BCUT2D eigenvalue weighted by molar-refractivity contribution is 0.238. The van der Waals surface area contributed by atoms with Crippen LogP contribution in [-0.4, -0.2) is 25.6 Å². The normalized spacial score (nSPS) is 10.8. The molecule has 0 N–H and O–H groups in total. The molecule has 4 rings (SSSR count). The minimum atomic E-state index is -0.295. The van der Waals surface area contributed by atoms with Crippen LogP contribution in [0.4, 0.5) is 4.79 Å². The number of hydrogen-bond donors (Lipinski definition) is 0. The van der Waals surface area contributed by atoms with Crippen molar-refractivity contribution in [1.82, 2.24) is 19.6 Å². The Labute approximate surface area is 151 Å². The van der Waals surface area contributed by atoms with Gasteiger partial charge in [0.15, 0.2) is 0 Å². The first-order chi connectivity index (χ1) is 12.7. The van der Waals surface area contributed by atoms with Gasteiger partial charge in [-0.15, -0.1) is 0 Å². The lowest BCUT2D eigenvalue weighted by atomic mass is 10.0. The van der Waals surface area contributed by atoms with Gasteiger partial charge in [-0.2, -0.15) is 19.6 Å². The quantitative estimate of drug-likeness (QED) is 0.562. The Bertz CT molecular complexity index is 1020. The van der Waals surface area contributed by atoms with E-state index in [1.54, 1.807) is 18.5 Å². The summed E-state index contributed by atoms with van der Waals surface area (Å²) in [5, 5.41) is 8.70. The average Bonchev–Trinajstić information content (AvgIpc) is 3.32. The summed E-state index contributed by atoms with van der Waals surface area (Å²) in [7, 11) is 0. The highest BCUT2D eigenvalue weighted by molar-refractivity contribution is 5.84. The van der Waals surface area contributed by atoms with E-state index in [1.807, 2.05) is 55.5 Å². The third-order valence-electron chi connectivity index (χ3n) is 4.36. The molecule has 0 saturated carbocycles. The minimum Gasteiger partial charge on any atom is -0.244 e. The van der Waals surface area contributed by atoms with Gasteiger partial charge in [0, 0.05) is 24.4 Å². The first kappa shape index (κ1) is 16.0. The molecule has 4 aromatic rings. The zero-order valence-corrected chi connectivity index (χ0v) is 14.4. The smallest absolute Gasteiger partial charge is 0.244 e. The first-order valence-electron chi connectivity index (χ1n) is 8.46. The molecule has 2 aromatic carbocycles. The van der Waals surface area contributed by atoms with Gasteiger partial charge in [-0.1, -0.05) is 60.7 Å². The predicted molar refractivity (Wildman–Crippen MR) is 100 cm³/mol. The molecule has 5 heteroatoms. The lowest BCUT2D eigenvalue weighted by Crippen LogP contribution is -2.22. The van der Waals surface area contributed by atoms with E-state index in [1.165, 1.54) is 9.36 Å². The van der Waals surface area contributed by atoms with Crippen molar-refractivity contribution in [3.8, 4) is 11.3 Å². The molecular formula is C21H18N4O. The molecule has 0 radical (unpaired) electrons. The first-order valence-corrected chi connectivity index (χ1v) is 8.46. The van der Waals surface area contributed by atoms with E-state index < -0.39 is 0 Å². The number of rotatable bonds is 3. The number of benzene rings is 2. The highest BCUT2D eigenvalue weighted by Gasteiger charge is 2.21. The van der Waals surface area contributed by atoms with E-state index in [2.05, 4.69) is 22.3 Å². The molecule has 0 aliphatic carbocycles. The zero-order valence-electron chi connectivity index (χ0n) is 14.4. The minimum absolute atomic E-state index is 0.295. The average molecular weight is 342 g/mol. The second-order valence-corrected chi connectivity index (χ2v) is 6.09. The van der Waals surface area contributed by atoms with Crippen LogP contribution in [0.1, 0.15) is 16.8 Å². The Morgan fingerprint density at radius 3 is 2.31 bits per heavy atom. The van der Waals surface area contributed by atoms with Crippen LogP contribution in [0, 0.1) is 6.92 Å². The number of aromatic nitrogens is 4. The SMILES string of the molecule is Cc1c(Cc2ccccc2)nn(C(=O)n2cccn2)c1-c1ccccc1. The molecule has 0 saturated heterocycles. The van der Waals surface area contributed by atoms with Crippen LogP contribution in [0.3, 0.4) is 0 Å². The molecular weight excluding hydrogens is 324 g/mol. The van der Waals surface area contributed by atoms with Crippen molar-refractivity contribution in [3.63, 3.8) is 0 Å². The maximum Gasteiger partial charge on any atom is 0.369 e. The largest absolute Gasteiger partial charge is 0.369 e. The summed E-state index contributed by atoms with van der Waals surface area (Å²) in [6.45, 7) is 2.01. The summed E-state index contributed by atoms with van der Waals surface area (Å²) >= 11 is 0. The molecule has 2 heterocycles. The number of hydrogen-bond acceptors (Lipinski definition) is 3. The van der Waals surface area contributed by atoms with Crippen LogP contribution >= 0.6 is 0 Å². The van der Waals surface area contributed by atoms with E-state index in [-0.39, 0.29) is 6.03 Å². The predicted octanol–water partition coefficient (Wildman–Crippen LogP) is 4.16. The Balaban J connectivity index is 1.84. The molecule has 0 unspecified atom stereocenters. The van der Waals surface area contributed by atoms with Crippen LogP contribution in [-0.2, 0) is 6.42 Å². The van der Waals surface area contributed by atoms with Crippen LogP contribution in [0.25, 0.3) is 11.3 Å². The van der Waals surface area contributed by atoms with E-state index in [0.717, 1.165) is 28.1 Å². The Kier molecular flexibility index (Phi) is 4.19. The molecule has 5 nitrogen and oxygen atoms in total. The molecule has 0 spiro atoms. The van der Waals surface area contributed by atoms with Crippen molar-refractivity contribution >= 4 is 6.03 Å². The Morgan fingerprint density at radius 2 is 1.65 bits per heavy atom. The summed E-state index contributed by atoms with van der Waals surface area (Å²) in [4.78, 5) is 12.9. The second-order valence-electron chi connectivity index (χ2n) is 6.09. The fraction of sp³-hybridized carbons (Fsp3) is 0.0952. The molecule has 0 aliphatic rings. The van der Waals surface area contributed by atoms with Crippen LogP contribution in [0.15, 0.2) is 79.1 Å². The van der Waals surface area contributed by atoms with Crippen molar-refractivity contribution in [3.05, 3.63) is 95.9 Å². The van der Waals surface area contributed by atoms with Crippen molar-refractivity contribution in [1.29, 1.82) is 0 Å². The van der Waals surface area contributed by atoms with Gasteiger partial charge in [-0.3, -0.25) is 0 Å². The highest BCUT2D eigenvalue weighted by atomic mass is 16.2. The van der Waals surface area contributed by atoms with E-state index in [0.29, 0.717) is 6.42 Å². The van der Waals surface area contributed by atoms with Crippen molar-refractivity contribution < 1.29 is 4.79 Å². The maximum absolute atomic E-state index is 12.9. The maximum atomic E-state index is 12.9. The second kappa shape index (κ2) is 6.80. The van der Waals surface area contributed by atoms with E-state index >= 15 is 0 Å². The molecule has 128 valence electrons. The molecule has 0 atom stereocenters. The van der Waals surface area contributed by atoms with Crippen molar-refractivity contribution in [2.45, 2.75) is 13.3 Å². The van der Waals surface area contributed by atoms with E-state index in [9.17, 15) is 4.79 Å². The Hall–Kier alpha value is -3.47. The molecule has 2 aromatic heterocycles. The van der Waals surface area contributed by atoms with Crippen LogP contribution in [0.5, 0.6) is 0 Å². The number of carbonyl (C=O) groups is 1. The van der Waals surface area contributed by atoms with Gasteiger partial charge in [0.1, 0.15) is 0 Å². The summed E-state index contributed by atoms with van der Waals surface area (Å²) in [6, 6.07) is 21.4. The topological polar surface area (TPSA) is 52.7 Å². The lowest BCUT2D eigenvalue weighted by Gasteiger charge is -2.07. The van der Waals surface area contributed by atoms with Gasteiger partial charge in [0.05, 0.1) is 11.4 Å². The molecule has 0 aliphatic heterocycles. The zero-order chi connectivity index (χ0) is 17.9. The third kappa shape index (κ3) is 2.95. The highest BCUT2D eigenvalue weighted by Crippen LogP contribution is 2.27. The summed E-state index contributed by atoms with van der Waals surface area (Å²) in [5.74, 6) is 0. The van der Waals surface area contributed by atoms with Gasteiger partial charge < -0.3 is 0 Å².